The van der Waals surface area contributed by atoms with E-state index in [1.807, 2.05) is 0 Å². The molecule has 0 unspecified atom stereocenters. The molecule has 0 aliphatic rings. The molecule has 24 heavy (non-hydrogen) atoms. The first kappa shape index (κ1) is 19.1. The van der Waals surface area contributed by atoms with Crippen molar-refractivity contribution in [3.8, 4) is 0 Å². The quantitative estimate of drug-likeness (QED) is 0.519. The first-order chi connectivity index (χ1) is 11.3. The van der Waals surface area contributed by atoms with Crippen molar-refractivity contribution in [2.75, 3.05) is 14.2 Å². The molecule has 1 amide bonds. The van der Waals surface area contributed by atoms with Gasteiger partial charge < -0.3 is 19.9 Å². The Morgan fingerprint density at radius 3 is 2.00 bits per heavy atom. The van der Waals surface area contributed by atoms with Crippen LogP contribution in [0, 0.1) is 11.8 Å². The lowest BCUT2D eigenvalue weighted by Gasteiger charge is -2.26. The Hall–Kier alpha value is -2.97. The van der Waals surface area contributed by atoms with Crippen molar-refractivity contribution in [2.24, 2.45) is 11.8 Å². The molecule has 9 nitrogen and oxygen atoms in total. The molecule has 1 rings (SSSR count). The monoisotopic (exact) mass is 338 g/mol. The van der Waals surface area contributed by atoms with Crippen molar-refractivity contribution in [3.63, 3.8) is 0 Å². The number of carboxylic acids is 1. The maximum atomic E-state index is 12.1. The molecule has 9 heteroatoms. The fourth-order valence-corrected chi connectivity index (χ4v) is 2.12. The summed E-state index contributed by atoms with van der Waals surface area (Å²) in [6, 6.07) is 1.29. The van der Waals surface area contributed by atoms with Gasteiger partial charge >= 0.3 is 17.9 Å². The van der Waals surface area contributed by atoms with Gasteiger partial charge in [0.2, 0.25) is 0 Å². The number of carboxylic acid groups (broad SMARTS) is 1. The number of carbonyl (C=O) groups is 4. The number of methoxy groups -OCH3 is 2. The van der Waals surface area contributed by atoms with Gasteiger partial charge in [-0.1, -0.05) is 6.92 Å². The van der Waals surface area contributed by atoms with Gasteiger partial charge in [-0.15, -0.1) is 0 Å². The van der Waals surface area contributed by atoms with Crippen LogP contribution in [0.15, 0.2) is 24.5 Å². The summed E-state index contributed by atoms with van der Waals surface area (Å²) in [6.45, 7) is 1.34. The minimum Gasteiger partial charge on any atom is -0.480 e. The summed E-state index contributed by atoms with van der Waals surface area (Å²) < 4.78 is 9.04. The Labute approximate surface area is 138 Å². The van der Waals surface area contributed by atoms with Gasteiger partial charge in [0, 0.05) is 23.9 Å². The normalized spacial score (nSPS) is 12.8. The molecule has 0 radical (unpaired) electrons. The lowest BCUT2D eigenvalue weighted by Crippen LogP contribution is -2.50. The first-order valence-corrected chi connectivity index (χ1v) is 6.92. The Morgan fingerprint density at radius 1 is 1.08 bits per heavy atom. The van der Waals surface area contributed by atoms with Crippen molar-refractivity contribution in [2.45, 2.75) is 13.0 Å². The van der Waals surface area contributed by atoms with Crippen molar-refractivity contribution in [1.82, 2.24) is 10.3 Å². The van der Waals surface area contributed by atoms with Crippen LogP contribution in [0.5, 0.6) is 0 Å². The summed E-state index contributed by atoms with van der Waals surface area (Å²) in [6.07, 6.45) is 2.75. The highest BCUT2D eigenvalue weighted by Crippen LogP contribution is 2.20. The number of amides is 1. The third-order valence-electron chi connectivity index (χ3n) is 3.46. The number of hydrogen-bond acceptors (Lipinski definition) is 7. The molecule has 0 aliphatic carbocycles. The van der Waals surface area contributed by atoms with E-state index in [9.17, 15) is 24.3 Å². The van der Waals surface area contributed by atoms with Gasteiger partial charge in [0.15, 0.2) is 5.92 Å². The van der Waals surface area contributed by atoms with E-state index < -0.39 is 41.7 Å². The maximum Gasteiger partial charge on any atom is 0.326 e. The molecule has 1 heterocycles. The molecular formula is C15H18N2O7. The molecular weight excluding hydrogens is 320 g/mol. The zero-order valence-electron chi connectivity index (χ0n) is 13.4. The average molecular weight is 338 g/mol. The van der Waals surface area contributed by atoms with Crippen LogP contribution in [-0.4, -0.2) is 54.2 Å². The fraction of sp³-hybridized carbons (Fsp3) is 0.400. The van der Waals surface area contributed by atoms with Gasteiger partial charge in [0.05, 0.1) is 14.2 Å². The second kappa shape index (κ2) is 8.61. The van der Waals surface area contributed by atoms with E-state index >= 15 is 0 Å². The number of aromatic nitrogens is 1. The second-order valence-corrected chi connectivity index (χ2v) is 4.91. The number of aliphatic carboxylic acids is 1. The molecule has 130 valence electrons. The van der Waals surface area contributed by atoms with Crippen molar-refractivity contribution < 1.29 is 33.8 Å². The van der Waals surface area contributed by atoms with Gasteiger partial charge in [-0.2, -0.15) is 0 Å². The highest BCUT2D eigenvalue weighted by Gasteiger charge is 2.42. The van der Waals surface area contributed by atoms with Crippen LogP contribution in [0.4, 0.5) is 0 Å². The summed E-state index contributed by atoms with van der Waals surface area (Å²) in [5, 5.41) is 11.7. The van der Waals surface area contributed by atoms with E-state index in [1.165, 1.54) is 31.5 Å². The molecule has 0 saturated carbocycles. The lowest BCUT2D eigenvalue weighted by molar-refractivity contribution is -0.162. The molecule has 0 spiro atoms. The molecule has 1 aromatic heterocycles. The van der Waals surface area contributed by atoms with E-state index in [1.54, 1.807) is 0 Å². The molecule has 0 bridgehead atoms. The van der Waals surface area contributed by atoms with Gasteiger partial charge in [-0.05, 0) is 12.1 Å². The zero-order chi connectivity index (χ0) is 18.3. The largest absolute Gasteiger partial charge is 0.480 e. The second-order valence-electron chi connectivity index (χ2n) is 4.91. The highest BCUT2D eigenvalue weighted by molar-refractivity contribution is 5.98. The predicted molar refractivity (Wildman–Crippen MR) is 79.8 cm³/mol. The lowest BCUT2D eigenvalue weighted by atomic mass is 9.87. The minimum atomic E-state index is -1.51. The SMILES string of the molecule is COC(=O)C(C(=O)OC)[C@@H](C)[C@H](NC(=O)c1ccncc1)C(=O)O. The Kier molecular flexibility index (Phi) is 6.84. The molecule has 0 saturated heterocycles. The zero-order valence-corrected chi connectivity index (χ0v) is 13.4. The van der Waals surface area contributed by atoms with E-state index in [2.05, 4.69) is 19.8 Å². The predicted octanol–water partition coefficient (Wildman–Crippen LogP) is -0.137. The van der Waals surface area contributed by atoms with Crippen LogP contribution in [0.1, 0.15) is 17.3 Å². The minimum absolute atomic E-state index is 0.191. The summed E-state index contributed by atoms with van der Waals surface area (Å²) in [5.74, 6) is -6.56. The van der Waals surface area contributed by atoms with Crippen LogP contribution in [0.25, 0.3) is 0 Å². The van der Waals surface area contributed by atoms with Crippen molar-refractivity contribution in [3.05, 3.63) is 30.1 Å². The standard InChI is InChI=1S/C15H18N2O7/c1-8(10(14(21)23-2)15(22)24-3)11(13(19)20)17-12(18)9-4-6-16-7-5-9/h4-8,10-11H,1-3H3,(H,17,18)(H,19,20)/t8-,11+/m1/s1. The summed E-state index contributed by atoms with van der Waals surface area (Å²) in [4.78, 5) is 51.0. The number of nitrogens with one attached hydrogen (secondary N) is 1. The van der Waals surface area contributed by atoms with Crippen LogP contribution in [0.3, 0.4) is 0 Å². The molecule has 0 aromatic carbocycles. The molecule has 2 atom stereocenters. The highest BCUT2D eigenvalue weighted by atomic mass is 16.5. The third-order valence-corrected chi connectivity index (χ3v) is 3.46. The Balaban J connectivity index is 3.04. The first-order valence-electron chi connectivity index (χ1n) is 6.92. The maximum absolute atomic E-state index is 12.1. The Bertz CT molecular complexity index is 602. The number of rotatable bonds is 7. The van der Waals surface area contributed by atoms with Gasteiger partial charge in [-0.25, -0.2) is 4.79 Å². The number of nitrogens with zero attached hydrogens (tertiary/aromatic N) is 1. The van der Waals surface area contributed by atoms with Crippen molar-refractivity contribution in [1.29, 1.82) is 0 Å². The van der Waals surface area contributed by atoms with Crippen LogP contribution in [0.2, 0.25) is 0 Å². The average Bonchev–Trinajstić information content (AvgIpc) is 2.59. The van der Waals surface area contributed by atoms with E-state index in [-0.39, 0.29) is 5.56 Å². The number of hydrogen-bond donors (Lipinski definition) is 2. The topological polar surface area (TPSA) is 132 Å². The number of esters is 2. The summed E-state index contributed by atoms with van der Waals surface area (Å²) >= 11 is 0. The number of ether oxygens (including phenoxy) is 2. The number of pyridine rings is 1. The molecule has 0 fully saturated rings. The molecule has 1 aromatic rings. The Morgan fingerprint density at radius 2 is 1.58 bits per heavy atom. The van der Waals surface area contributed by atoms with E-state index in [4.69, 9.17) is 0 Å². The third kappa shape index (κ3) is 4.51. The number of carbonyl (C=O) groups excluding carboxylic acids is 3. The van der Waals surface area contributed by atoms with Gasteiger partial charge in [0.1, 0.15) is 6.04 Å². The van der Waals surface area contributed by atoms with Gasteiger partial charge in [-0.3, -0.25) is 19.4 Å². The van der Waals surface area contributed by atoms with Crippen LogP contribution in [-0.2, 0) is 23.9 Å². The summed E-state index contributed by atoms with van der Waals surface area (Å²) in [5.41, 5.74) is 0.191. The van der Waals surface area contributed by atoms with Crippen LogP contribution >= 0.6 is 0 Å². The van der Waals surface area contributed by atoms with E-state index in [0.717, 1.165) is 14.2 Å². The summed E-state index contributed by atoms with van der Waals surface area (Å²) in [7, 11) is 2.13. The van der Waals surface area contributed by atoms with Crippen LogP contribution < -0.4 is 5.32 Å². The molecule has 2 N–H and O–H groups in total. The molecule has 0 aliphatic heterocycles. The van der Waals surface area contributed by atoms with Crippen molar-refractivity contribution >= 4 is 23.8 Å². The fourth-order valence-electron chi connectivity index (χ4n) is 2.12. The van der Waals surface area contributed by atoms with E-state index in [0.29, 0.717) is 0 Å². The van der Waals surface area contributed by atoms with Gasteiger partial charge in [0.25, 0.3) is 5.91 Å². The smallest absolute Gasteiger partial charge is 0.326 e.